The number of benzene rings is 2. The molecule has 1 aliphatic heterocycles. The molecular formula is C21H22ClFN2O4. The van der Waals surface area contributed by atoms with Gasteiger partial charge in [-0.1, -0.05) is 29.8 Å². The summed E-state index contributed by atoms with van der Waals surface area (Å²) >= 11 is 5.92. The van der Waals surface area contributed by atoms with Crippen LogP contribution in [0, 0.1) is 5.82 Å². The maximum atomic E-state index is 13.1. The Labute approximate surface area is 173 Å². The van der Waals surface area contributed by atoms with Crippen LogP contribution >= 0.6 is 11.6 Å². The minimum absolute atomic E-state index is 0.0370. The van der Waals surface area contributed by atoms with Crippen molar-refractivity contribution in [1.29, 1.82) is 0 Å². The number of rotatable bonds is 8. The Kier molecular flexibility index (Phi) is 7.43. The summed E-state index contributed by atoms with van der Waals surface area (Å²) in [5, 5.41) is 5.55. The minimum Gasteiger partial charge on any atom is -0.483 e. The fourth-order valence-electron chi connectivity index (χ4n) is 2.96. The lowest BCUT2D eigenvalue weighted by Gasteiger charge is -2.14. The van der Waals surface area contributed by atoms with Crippen LogP contribution < -0.4 is 15.4 Å². The van der Waals surface area contributed by atoms with Gasteiger partial charge in [0.1, 0.15) is 11.6 Å². The zero-order chi connectivity index (χ0) is 20.6. The number of halogens is 2. The summed E-state index contributed by atoms with van der Waals surface area (Å²) in [4.78, 5) is 24.3. The smallest absolute Gasteiger partial charge is 0.258 e. The number of para-hydroxylation sites is 1. The molecule has 0 spiro atoms. The molecular weight excluding hydrogens is 399 g/mol. The first-order chi connectivity index (χ1) is 14.0. The van der Waals surface area contributed by atoms with Crippen LogP contribution in [0.15, 0.2) is 42.5 Å². The normalized spacial score (nSPS) is 15.7. The highest BCUT2D eigenvalue weighted by Crippen LogP contribution is 2.20. The third-order valence-electron chi connectivity index (χ3n) is 4.50. The Bertz CT molecular complexity index is 872. The third-order valence-corrected chi connectivity index (χ3v) is 4.81. The van der Waals surface area contributed by atoms with E-state index in [-0.39, 0.29) is 35.7 Å². The second-order valence-corrected chi connectivity index (χ2v) is 7.05. The Morgan fingerprint density at radius 3 is 2.79 bits per heavy atom. The number of amides is 2. The maximum Gasteiger partial charge on any atom is 0.258 e. The van der Waals surface area contributed by atoms with Crippen LogP contribution in [0.5, 0.6) is 5.75 Å². The lowest BCUT2D eigenvalue weighted by molar-refractivity contribution is -0.123. The van der Waals surface area contributed by atoms with Crippen LogP contribution in [0.25, 0.3) is 0 Å². The molecule has 0 aliphatic carbocycles. The van der Waals surface area contributed by atoms with Crippen molar-refractivity contribution in [2.24, 2.45) is 0 Å². The Hall–Kier alpha value is -2.64. The SMILES string of the molecule is O=C(COc1ccccc1CNC(=O)c1ccc(F)cc1Cl)NC[C@H]1CCCO1. The van der Waals surface area contributed by atoms with Gasteiger partial charge in [0.25, 0.3) is 11.8 Å². The van der Waals surface area contributed by atoms with Gasteiger partial charge in [0.2, 0.25) is 0 Å². The summed E-state index contributed by atoms with van der Waals surface area (Å²) in [5.74, 6) is -0.690. The Morgan fingerprint density at radius 1 is 1.21 bits per heavy atom. The molecule has 1 heterocycles. The molecule has 6 nitrogen and oxygen atoms in total. The molecule has 2 N–H and O–H groups in total. The molecule has 2 aromatic rings. The zero-order valence-corrected chi connectivity index (χ0v) is 16.5. The largest absolute Gasteiger partial charge is 0.483 e. The molecule has 1 saturated heterocycles. The van der Waals surface area contributed by atoms with Crippen LogP contribution in [0.4, 0.5) is 4.39 Å². The number of carbonyl (C=O) groups is 2. The predicted octanol–water partition coefficient (Wildman–Crippen LogP) is 3.08. The van der Waals surface area contributed by atoms with Gasteiger partial charge in [-0.2, -0.15) is 0 Å². The average Bonchev–Trinajstić information content (AvgIpc) is 3.23. The lowest BCUT2D eigenvalue weighted by Crippen LogP contribution is -2.35. The van der Waals surface area contributed by atoms with Crippen molar-refractivity contribution in [2.75, 3.05) is 19.8 Å². The number of hydrogen-bond acceptors (Lipinski definition) is 4. The molecule has 2 aromatic carbocycles. The fourth-order valence-corrected chi connectivity index (χ4v) is 3.22. The van der Waals surface area contributed by atoms with Gasteiger partial charge in [-0.05, 0) is 37.1 Å². The van der Waals surface area contributed by atoms with Gasteiger partial charge in [0.05, 0.1) is 16.7 Å². The van der Waals surface area contributed by atoms with Crippen LogP contribution in [0.1, 0.15) is 28.8 Å². The highest BCUT2D eigenvalue weighted by molar-refractivity contribution is 6.33. The minimum atomic E-state index is -0.511. The zero-order valence-electron chi connectivity index (χ0n) is 15.8. The van der Waals surface area contributed by atoms with Gasteiger partial charge in [-0.15, -0.1) is 0 Å². The van der Waals surface area contributed by atoms with E-state index in [4.69, 9.17) is 21.1 Å². The van der Waals surface area contributed by atoms with Crippen molar-refractivity contribution in [3.63, 3.8) is 0 Å². The molecule has 0 aromatic heterocycles. The molecule has 0 bridgehead atoms. The molecule has 0 unspecified atom stereocenters. The second-order valence-electron chi connectivity index (χ2n) is 6.64. The van der Waals surface area contributed by atoms with Crippen LogP contribution in [-0.2, 0) is 16.1 Å². The number of ether oxygens (including phenoxy) is 2. The predicted molar refractivity (Wildman–Crippen MR) is 107 cm³/mol. The molecule has 29 heavy (non-hydrogen) atoms. The van der Waals surface area contributed by atoms with Crippen molar-refractivity contribution in [2.45, 2.75) is 25.5 Å². The van der Waals surface area contributed by atoms with E-state index < -0.39 is 11.7 Å². The van der Waals surface area contributed by atoms with E-state index in [2.05, 4.69) is 10.6 Å². The van der Waals surface area contributed by atoms with E-state index in [1.807, 2.05) is 0 Å². The summed E-state index contributed by atoms with van der Waals surface area (Å²) in [6.45, 7) is 1.24. The topological polar surface area (TPSA) is 76.7 Å². The summed E-state index contributed by atoms with van der Waals surface area (Å²) in [7, 11) is 0. The molecule has 8 heteroatoms. The summed E-state index contributed by atoms with van der Waals surface area (Å²) in [5.41, 5.74) is 0.881. The van der Waals surface area contributed by atoms with Crippen molar-refractivity contribution in [3.05, 3.63) is 64.4 Å². The van der Waals surface area contributed by atoms with Gasteiger partial charge in [-0.25, -0.2) is 4.39 Å². The highest BCUT2D eigenvalue weighted by atomic mass is 35.5. The fraction of sp³-hybridized carbons (Fsp3) is 0.333. The lowest BCUT2D eigenvalue weighted by atomic mass is 10.1. The summed E-state index contributed by atoms with van der Waals surface area (Å²) in [6.07, 6.45) is 2.03. The third kappa shape index (κ3) is 6.17. The van der Waals surface area contributed by atoms with E-state index in [0.717, 1.165) is 25.5 Å². The van der Waals surface area contributed by atoms with Crippen LogP contribution in [0.3, 0.4) is 0 Å². The van der Waals surface area contributed by atoms with Gasteiger partial charge in [0.15, 0.2) is 6.61 Å². The van der Waals surface area contributed by atoms with Crippen molar-refractivity contribution < 1.29 is 23.5 Å². The van der Waals surface area contributed by atoms with E-state index >= 15 is 0 Å². The highest BCUT2D eigenvalue weighted by Gasteiger charge is 2.17. The number of hydrogen-bond donors (Lipinski definition) is 2. The van der Waals surface area contributed by atoms with Gasteiger partial charge in [-0.3, -0.25) is 9.59 Å². The van der Waals surface area contributed by atoms with E-state index in [0.29, 0.717) is 17.9 Å². The quantitative estimate of drug-likeness (QED) is 0.688. The molecule has 1 fully saturated rings. The average molecular weight is 421 g/mol. The van der Waals surface area contributed by atoms with E-state index in [9.17, 15) is 14.0 Å². The van der Waals surface area contributed by atoms with E-state index in [1.165, 1.54) is 12.1 Å². The van der Waals surface area contributed by atoms with Gasteiger partial charge in [0, 0.05) is 25.3 Å². The summed E-state index contributed by atoms with van der Waals surface area (Å²) in [6, 6.07) is 10.7. The van der Waals surface area contributed by atoms with Crippen molar-refractivity contribution >= 4 is 23.4 Å². The first-order valence-corrected chi connectivity index (χ1v) is 9.73. The molecule has 1 atom stereocenters. The monoisotopic (exact) mass is 420 g/mol. The van der Waals surface area contributed by atoms with Gasteiger partial charge < -0.3 is 20.1 Å². The van der Waals surface area contributed by atoms with Gasteiger partial charge >= 0.3 is 0 Å². The number of carbonyl (C=O) groups excluding carboxylic acids is 2. The van der Waals surface area contributed by atoms with E-state index in [1.54, 1.807) is 24.3 Å². The first-order valence-electron chi connectivity index (χ1n) is 9.35. The molecule has 3 rings (SSSR count). The first kappa shape index (κ1) is 21.1. The number of nitrogens with one attached hydrogen (secondary N) is 2. The molecule has 1 aliphatic rings. The van der Waals surface area contributed by atoms with Crippen LogP contribution in [0.2, 0.25) is 5.02 Å². The van der Waals surface area contributed by atoms with Crippen molar-refractivity contribution in [3.8, 4) is 5.75 Å². The second kappa shape index (κ2) is 10.2. The molecule has 154 valence electrons. The summed E-state index contributed by atoms with van der Waals surface area (Å²) < 4.78 is 24.2. The Morgan fingerprint density at radius 2 is 2.03 bits per heavy atom. The van der Waals surface area contributed by atoms with Crippen molar-refractivity contribution in [1.82, 2.24) is 10.6 Å². The maximum absolute atomic E-state index is 13.1. The standard InChI is InChI=1S/C21H22ClFN2O4/c22-18-10-15(23)7-8-17(18)21(27)25-11-14-4-1-2-6-19(14)29-13-20(26)24-12-16-5-3-9-28-16/h1-2,4,6-8,10,16H,3,5,9,11-13H2,(H,24,26)(H,25,27)/t16-/m1/s1. The molecule has 0 radical (unpaired) electrons. The molecule has 0 saturated carbocycles. The van der Waals surface area contributed by atoms with Crippen LogP contribution in [-0.4, -0.2) is 37.7 Å². The molecule has 2 amide bonds. The Balaban J connectivity index is 1.51.